The van der Waals surface area contributed by atoms with Crippen LogP contribution < -0.4 is 0 Å². The van der Waals surface area contributed by atoms with E-state index in [1.807, 2.05) is 18.2 Å². The van der Waals surface area contributed by atoms with Gasteiger partial charge in [0, 0.05) is 31.7 Å². The summed E-state index contributed by atoms with van der Waals surface area (Å²) in [6.45, 7) is 4.76. The topological polar surface area (TPSA) is 43.8 Å². The van der Waals surface area contributed by atoms with Crippen molar-refractivity contribution in [3.8, 4) is 0 Å². The highest BCUT2D eigenvalue weighted by atomic mass is 16.4. The summed E-state index contributed by atoms with van der Waals surface area (Å²) in [4.78, 5) is 15.6. The van der Waals surface area contributed by atoms with Crippen LogP contribution in [-0.2, 0) is 11.3 Å². The van der Waals surface area contributed by atoms with Gasteiger partial charge in [-0.25, -0.2) is 0 Å². The second kappa shape index (κ2) is 6.17. The van der Waals surface area contributed by atoms with E-state index in [1.165, 1.54) is 5.56 Å². The summed E-state index contributed by atoms with van der Waals surface area (Å²) in [6, 6.07) is 10.8. The zero-order valence-corrected chi connectivity index (χ0v) is 11.6. The van der Waals surface area contributed by atoms with Crippen molar-refractivity contribution >= 4 is 5.97 Å². The van der Waals surface area contributed by atoms with E-state index in [0.29, 0.717) is 6.04 Å². The highest BCUT2D eigenvalue weighted by Crippen LogP contribution is 2.19. The Bertz CT molecular complexity index is 421. The fourth-order valence-electron chi connectivity index (χ4n) is 2.66. The third-order valence-electron chi connectivity index (χ3n) is 3.91. The first-order valence-electron chi connectivity index (χ1n) is 6.76. The van der Waals surface area contributed by atoms with Crippen molar-refractivity contribution in [1.29, 1.82) is 0 Å². The molecule has 1 saturated heterocycles. The summed E-state index contributed by atoms with van der Waals surface area (Å²) in [5, 5.41) is 9.06. The minimum Gasteiger partial charge on any atom is -0.481 e. The van der Waals surface area contributed by atoms with Crippen LogP contribution in [-0.4, -0.2) is 53.1 Å². The minimum absolute atomic E-state index is 0.0962. The Hall–Kier alpha value is -1.39. The highest BCUT2D eigenvalue weighted by molar-refractivity contribution is 5.67. The summed E-state index contributed by atoms with van der Waals surface area (Å²) in [7, 11) is 2.07. The van der Waals surface area contributed by atoms with Crippen LogP contribution in [0, 0.1) is 0 Å². The highest BCUT2D eigenvalue weighted by Gasteiger charge is 2.30. The predicted molar refractivity (Wildman–Crippen MR) is 75.0 cm³/mol. The lowest BCUT2D eigenvalue weighted by Gasteiger charge is -2.43. The number of nitrogens with zero attached hydrogens (tertiary/aromatic N) is 2. The summed E-state index contributed by atoms with van der Waals surface area (Å²) >= 11 is 0. The van der Waals surface area contributed by atoms with E-state index < -0.39 is 5.97 Å². The Morgan fingerprint density at radius 1 is 1.32 bits per heavy atom. The second-order valence-electron chi connectivity index (χ2n) is 5.46. The molecule has 0 radical (unpaired) electrons. The van der Waals surface area contributed by atoms with Crippen molar-refractivity contribution < 1.29 is 9.90 Å². The van der Waals surface area contributed by atoms with Crippen molar-refractivity contribution in [2.75, 3.05) is 20.1 Å². The van der Waals surface area contributed by atoms with Gasteiger partial charge in [0.1, 0.15) is 0 Å². The lowest BCUT2D eigenvalue weighted by molar-refractivity contribution is -0.139. The van der Waals surface area contributed by atoms with Gasteiger partial charge in [0.2, 0.25) is 0 Å². The van der Waals surface area contributed by atoms with Gasteiger partial charge in [-0.2, -0.15) is 0 Å². The van der Waals surface area contributed by atoms with Gasteiger partial charge in [-0.15, -0.1) is 0 Å². The number of rotatable bonds is 4. The average Bonchev–Trinajstić information content (AvgIpc) is 2.36. The number of carboxylic acids is 1. The summed E-state index contributed by atoms with van der Waals surface area (Å²) in [5.74, 6) is -0.717. The van der Waals surface area contributed by atoms with Gasteiger partial charge in [0.05, 0.1) is 6.42 Å². The van der Waals surface area contributed by atoms with Gasteiger partial charge in [-0.1, -0.05) is 30.3 Å². The van der Waals surface area contributed by atoms with Crippen molar-refractivity contribution in [2.45, 2.75) is 32.0 Å². The van der Waals surface area contributed by atoms with Gasteiger partial charge in [0.15, 0.2) is 0 Å². The third kappa shape index (κ3) is 3.78. The molecule has 1 aliphatic heterocycles. The number of carboxylic acid groups (broad SMARTS) is 1. The van der Waals surface area contributed by atoms with E-state index in [0.717, 1.165) is 19.6 Å². The van der Waals surface area contributed by atoms with Gasteiger partial charge < -0.3 is 10.0 Å². The van der Waals surface area contributed by atoms with E-state index in [9.17, 15) is 4.79 Å². The molecule has 1 fully saturated rings. The molecule has 1 N–H and O–H groups in total. The van der Waals surface area contributed by atoms with Gasteiger partial charge in [-0.3, -0.25) is 9.69 Å². The smallest absolute Gasteiger partial charge is 0.304 e. The maximum Gasteiger partial charge on any atom is 0.304 e. The Morgan fingerprint density at radius 3 is 2.63 bits per heavy atom. The fourth-order valence-corrected chi connectivity index (χ4v) is 2.66. The molecule has 1 aromatic carbocycles. The van der Waals surface area contributed by atoms with Crippen LogP contribution in [0.15, 0.2) is 30.3 Å². The van der Waals surface area contributed by atoms with Crippen molar-refractivity contribution in [3.63, 3.8) is 0 Å². The van der Waals surface area contributed by atoms with Crippen LogP contribution in [0.25, 0.3) is 0 Å². The second-order valence-corrected chi connectivity index (χ2v) is 5.46. The van der Waals surface area contributed by atoms with Crippen LogP contribution in [0.2, 0.25) is 0 Å². The maximum atomic E-state index is 11.0. The summed E-state index contributed by atoms with van der Waals surface area (Å²) in [5.41, 5.74) is 1.25. The molecule has 0 aromatic heterocycles. The van der Waals surface area contributed by atoms with E-state index in [4.69, 9.17) is 5.11 Å². The molecule has 0 amide bonds. The number of benzene rings is 1. The first-order valence-corrected chi connectivity index (χ1v) is 6.76. The fraction of sp³-hybridized carbons (Fsp3) is 0.533. The Balaban J connectivity index is 2.07. The molecule has 2 atom stereocenters. The number of carbonyl (C=O) groups is 1. The largest absolute Gasteiger partial charge is 0.481 e. The van der Waals surface area contributed by atoms with Crippen molar-refractivity contribution in [2.24, 2.45) is 0 Å². The zero-order valence-electron chi connectivity index (χ0n) is 11.6. The van der Waals surface area contributed by atoms with Crippen molar-refractivity contribution in [1.82, 2.24) is 9.80 Å². The van der Waals surface area contributed by atoms with Crippen molar-refractivity contribution in [3.05, 3.63) is 35.9 Å². The predicted octanol–water partition coefficient (Wildman–Crippen LogP) is 1.67. The molecule has 4 heteroatoms. The zero-order chi connectivity index (χ0) is 13.8. The molecule has 0 bridgehead atoms. The Morgan fingerprint density at radius 2 is 2.00 bits per heavy atom. The molecule has 0 unspecified atom stereocenters. The van der Waals surface area contributed by atoms with E-state index in [2.05, 4.69) is 35.9 Å². The lowest BCUT2D eigenvalue weighted by Crippen LogP contribution is -2.56. The minimum atomic E-state index is -0.717. The molecule has 19 heavy (non-hydrogen) atoms. The van der Waals surface area contributed by atoms with Gasteiger partial charge in [0.25, 0.3) is 0 Å². The lowest BCUT2D eigenvalue weighted by atomic mass is 10.0. The number of hydrogen-bond donors (Lipinski definition) is 1. The molecule has 0 saturated carbocycles. The molecule has 1 heterocycles. The van der Waals surface area contributed by atoms with Crippen LogP contribution in [0.4, 0.5) is 0 Å². The van der Waals surface area contributed by atoms with E-state index in [-0.39, 0.29) is 12.5 Å². The monoisotopic (exact) mass is 262 g/mol. The molecule has 2 rings (SSSR count). The summed E-state index contributed by atoms with van der Waals surface area (Å²) in [6.07, 6.45) is 0.212. The Labute approximate surface area is 114 Å². The normalized spacial score (nSPS) is 25.4. The van der Waals surface area contributed by atoms with E-state index in [1.54, 1.807) is 0 Å². The Kier molecular flexibility index (Phi) is 4.56. The van der Waals surface area contributed by atoms with Crippen LogP contribution in [0.1, 0.15) is 18.9 Å². The average molecular weight is 262 g/mol. The SMILES string of the molecule is C[C@@H]1CN(Cc2ccccc2)[C@@H](CC(=O)O)CN1C. The standard InChI is InChI=1S/C15H22N2O2/c1-12-9-17(10-13-6-4-3-5-7-13)14(8-15(18)19)11-16(12)2/h3-7,12,14H,8-11H2,1-2H3,(H,18,19)/t12-,14+/m1/s1. The number of hydrogen-bond acceptors (Lipinski definition) is 3. The first-order chi connectivity index (χ1) is 9.06. The first kappa shape index (κ1) is 14.0. The number of aliphatic carboxylic acids is 1. The van der Waals surface area contributed by atoms with Crippen LogP contribution in [0.5, 0.6) is 0 Å². The summed E-state index contributed by atoms with van der Waals surface area (Å²) < 4.78 is 0. The third-order valence-corrected chi connectivity index (χ3v) is 3.91. The maximum absolute atomic E-state index is 11.0. The molecule has 104 valence electrons. The molecule has 4 nitrogen and oxygen atoms in total. The van der Waals surface area contributed by atoms with Crippen LogP contribution >= 0.6 is 0 Å². The molecule has 0 aliphatic carbocycles. The number of likely N-dealkylation sites (N-methyl/N-ethyl adjacent to an activating group) is 1. The number of piperazine rings is 1. The van der Waals surface area contributed by atoms with Gasteiger partial charge >= 0.3 is 5.97 Å². The molecule has 1 aliphatic rings. The van der Waals surface area contributed by atoms with Gasteiger partial charge in [-0.05, 0) is 19.5 Å². The molecule has 1 aromatic rings. The van der Waals surface area contributed by atoms with Crippen LogP contribution in [0.3, 0.4) is 0 Å². The molecule has 0 spiro atoms. The quantitative estimate of drug-likeness (QED) is 0.896. The molecular weight excluding hydrogens is 240 g/mol. The van der Waals surface area contributed by atoms with E-state index >= 15 is 0 Å². The molecular formula is C15H22N2O2.